The van der Waals surface area contributed by atoms with Gasteiger partial charge in [0.05, 0.1) is 36.1 Å². The molecule has 2 aliphatic rings. The Balaban J connectivity index is 1.40. The molecule has 5 aromatic rings. The van der Waals surface area contributed by atoms with Crippen LogP contribution in [0.5, 0.6) is 11.5 Å². The first-order chi connectivity index (χ1) is 21.0. The number of nitrogens with zero attached hydrogens (tertiary/aromatic N) is 2. The van der Waals surface area contributed by atoms with Gasteiger partial charge < -0.3 is 19.0 Å². The van der Waals surface area contributed by atoms with Gasteiger partial charge in [0.25, 0.3) is 5.56 Å². The number of furan rings is 1. The molecule has 0 bridgehead atoms. The summed E-state index contributed by atoms with van der Waals surface area (Å²) in [6.07, 6.45) is 3.31. The first-order valence-electron chi connectivity index (χ1n) is 13.7. The highest BCUT2D eigenvalue weighted by Crippen LogP contribution is 2.42. The fraction of sp³-hybridized carbons (Fsp3) is 0.147. The largest absolute Gasteiger partial charge is 0.493 e. The average Bonchev–Trinajstić information content (AvgIpc) is 3.63. The summed E-state index contributed by atoms with van der Waals surface area (Å²) in [7, 11) is 3.20. The molecule has 214 valence electrons. The number of carbonyl (C=O) groups is 1. The van der Waals surface area contributed by atoms with Crippen LogP contribution < -0.4 is 24.4 Å². The lowest BCUT2D eigenvalue weighted by Gasteiger charge is -2.31. The Bertz CT molecular complexity index is 2130. The number of rotatable bonds is 6. The minimum atomic E-state index is -1.04. The Kier molecular flexibility index (Phi) is 6.59. The maximum Gasteiger partial charge on any atom is 0.336 e. The summed E-state index contributed by atoms with van der Waals surface area (Å²) in [6, 6.07) is 23.8. The zero-order valence-electron chi connectivity index (χ0n) is 23.4. The quantitative estimate of drug-likeness (QED) is 0.288. The van der Waals surface area contributed by atoms with Crippen molar-refractivity contribution in [3.8, 4) is 22.8 Å². The van der Waals surface area contributed by atoms with Crippen molar-refractivity contribution < 1.29 is 23.8 Å². The number of aromatic nitrogens is 1. The lowest BCUT2D eigenvalue weighted by Crippen LogP contribution is -2.38. The van der Waals surface area contributed by atoms with Gasteiger partial charge in [-0.05, 0) is 59.9 Å². The van der Waals surface area contributed by atoms with E-state index in [0.29, 0.717) is 37.9 Å². The predicted molar refractivity (Wildman–Crippen MR) is 163 cm³/mol. The van der Waals surface area contributed by atoms with Gasteiger partial charge in [0, 0.05) is 17.2 Å². The second-order valence-electron chi connectivity index (χ2n) is 10.3. The minimum absolute atomic E-state index is 0.142. The van der Waals surface area contributed by atoms with Crippen molar-refractivity contribution in [2.45, 2.75) is 18.9 Å². The zero-order valence-corrected chi connectivity index (χ0v) is 24.2. The van der Waals surface area contributed by atoms with Crippen molar-refractivity contribution in [1.82, 2.24) is 4.57 Å². The Labute approximate surface area is 250 Å². The van der Waals surface area contributed by atoms with Gasteiger partial charge in [-0.25, -0.2) is 9.79 Å². The molecule has 0 radical (unpaired) electrons. The highest BCUT2D eigenvalue weighted by Gasteiger charge is 2.33. The van der Waals surface area contributed by atoms with Crippen molar-refractivity contribution in [2.24, 2.45) is 4.99 Å². The fourth-order valence-corrected chi connectivity index (χ4v) is 6.92. The van der Waals surface area contributed by atoms with E-state index < -0.39 is 5.97 Å². The second-order valence-corrected chi connectivity index (χ2v) is 11.3. The van der Waals surface area contributed by atoms with Crippen LogP contribution >= 0.6 is 11.3 Å². The maximum atomic E-state index is 14.1. The normalized spacial score (nSPS) is 15.8. The molecular formula is C34H26N2O6S. The summed E-state index contributed by atoms with van der Waals surface area (Å²) in [5.41, 5.74) is 5.63. The monoisotopic (exact) mass is 590 g/mol. The van der Waals surface area contributed by atoms with Gasteiger partial charge in [0.15, 0.2) is 16.3 Å². The highest BCUT2D eigenvalue weighted by atomic mass is 32.1. The number of carboxylic acids is 1. The Morgan fingerprint density at radius 2 is 1.74 bits per heavy atom. The zero-order chi connectivity index (χ0) is 29.7. The number of allylic oxidation sites excluding steroid dienone is 1. The maximum absolute atomic E-state index is 14.1. The number of methoxy groups -OCH3 is 2. The number of aryl methyl sites for hydroxylation is 1. The van der Waals surface area contributed by atoms with Gasteiger partial charge in [-0.15, -0.1) is 0 Å². The molecule has 0 saturated heterocycles. The van der Waals surface area contributed by atoms with E-state index in [-0.39, 0.29) is 17.2 Å². The topological polar surface area (TPSA) is 103 Å². The van der Waals surface area contributed by atoms with Gasteiger partial charge in [0.1, 0.15) is 11.5 Å². The summed E-state index contributed by atoms with van der Waals surface area (Å²) in [5.74, 6) is 1.01. The molecule has 1 atom stereocenters. The lowest BCUT2D eigenvalue weighted by molar-refractivity contribution is 0.0697. The fourth-order valence-electron chi connectivity index (χ4n) is 5.93. The third-order valence-corrected chi connectivity index (χ3v) is 8.90. The molecule has 0 unspecified atom stereocenters. The average molecular weight is 591 g/mol. The summed E-state index contributed by atoms with van der Waals surface area (Å²) >= 11 is 1.30. The van der Waals surface area contributed by atoms with E-state index in [0.717, 1.165) is 35.2 Å². The summed E-state index contributed by atoms with van der Waals surface area (Å²) < 4.78 is 19.3. The van der Waals surface area contributed by atoms with Crippen molar-refractivity contribution in [3.05, 3.63) is 132 Å². The molecule has 9 heteroatoms. The summed E-state index contributed by atoms with van der Waals surface area (Å²) in [5, 5.41) is 9.61. The number of ether oxygens (including phenoxy) is 2. The Morgan fingerprint density at radius 1 is 0.977 bits per heavy atom. The summed E-state index contributed by atoms with van der Waals surface area (Å²) in [6.45, 7) is 0. The Hall–Kier alpha value is -5.15. The second kappa shape index (κ2) is 10.6. The molecule has 0 amide bonds. The molecule has 8 nitrogen and oxygen atoms in total. The van der Waals surface area contributed by atoms with Gasteiger partial charge in [-0.2, -0.15) is 0 Å². The lowest BCUT2D eigenvalue weighted by atomic mass is 9.83. The van der Waals surface area contributed by atoms with Crippen LogP contribution in [0.4, 0.5) is 0 Å². The van der Waals surface area contributed by atoms with Crippen LogP contribution in [0.25, 0.3) is 23.1 Å². The molecule has 0 fully saturated rings. The third kappa shape index (κ3) is 4.49. The van der Waals surface area contributed by atoms with Crippen LogP contribution in [0.3, 0.4) is 0 Å². The number of aromatic carboxylic acids is 1. The third-order valence-electron chi connectivity index (χ3n) is 7.92. The number of hydrogen-bond acceptors (Lipinski definition) is 7. The number of thiazole rings is 1. The summed E-state index contributed by atoms with van der Waals surface area (Å²) in [4.78, 5) is 31.5. The molecule has 3 aromatic carbocycles. The molecule has 1 N–H and O–H groups in total. The van der Waals surface area contributed by atoms with E-state index in [4.69, 9.17) is 18.9 Å². The molecule has 1 aliphatic carbocycles. The number of fused-ring (bicyclic) bond motifs is 3. The van der Waals surface area contributed by atoms with E-state index in [2.05, 4.69) is 12.1 Å². The molecular weight excluding hydrogens is 564 g/mol. The van der Waals surface area contributed by atoms with Gasteiger partial charge in [-0.1, -0.05) is 59.9 Å². The molecule has 2 aromatic heterocycles. The molecule has 1 aliphatic heterocycles. The van der Waals surface area contributed by atoms with E-state index >= 15 is 0 Å². The van der Waals surface area contributed by atoms with Crippen LogP contribution in [0, 0.1) is 0 Å². The number of hydrogen-bond donors (Lipinski definition) is 1. The number of benzene rings is 3. The standard InChI is InChI=1S/C34H26N2O6S/c1-40-27-15-12-20(17-28(27)41-2)31-25-14-11-19-7-3-4-8-22(19)30(25)35-34-36(31)32(37)29(43-34)18-21-13-16-26(42-21)23-9-5-6-10-24(23)33(38)39/h3-10,12-13,15-18,31H,11,14H2,1-2H3,(H,38,39)/b29-18+/t31-/m0/s1. The van der Waals surface area contributed by atoms with Crippen LogP contribution in [0.2, 0.25) is 0 Å². The molecule has 43 heavy (non-hydrogen) atoms. The van der Waals surface area contributed by atoms with E-state index in [1.54, 1.807) is 55.2 Å². The molecule has 3 heterocycles. The van der Waals surface area contributed by atoms with Crippen LogP contribution in [-0.4, -0.2) is 29.9 Å². The van der Waals surface area contributed by atoms with E-state index in [9.17, 15) is 14.7 Å². The predicted octanol–water partition coefficient (Wildman–Crippen LogP) is 5.29. The first-order valence-corrected chi connectivity index (χ1v) is 14.6. The van der Waals surface area contributed by atoms with E-state index in [1.165, 1.54) is 23.0 Å². The number of carboxylic acid groups (broad SMARTS) is 1. The molecule has 0 spiro atoms. The van der Waals surface area contributed by atoms with Gasteiger partial charge in [-0.3, -0.25) is 9.36 Å². The van der Waals surface area contributed by atoms with Crippen molar-refractivity contribution >= 4 is 29.1 Å². The minimum Gasteiger partial charge on any atom is -0.493 e. The SMILES string of the molecule is COc1ccc([C@H]2C3=C(N=c4s/c(=C/c5ccc(-c6ccccc6C(=O)O)o5)c(=O)n42)c2ccccc2CC3)cc1OC. The van der Waals surface area contributed by atoms with Gasteiger partial charge in [0.2, 0.25) is 0 Å². The van der Waals surface area contributed by atoms with Gasteiger partial charge >= 0.3 is 5.97 Å². The Morgan fingerprint density at radius 3 is 2.53 bits per heavy atom. The first kappa shape index (κ1) is 26.7. The van der Waals surface area contributed by atoms with Crippen molar-refractivity contribution in [1.29, 1.82) is 0 Å². The molecule has 7 rings (SSSR count). The van der Waals surface area contributed by atoms with Crippen molar-refractivity contribution in [3.63, 3.8) is 0 Å². The van der Waals surface area contributed by atoms with E-state index in [1.807, 2.05) is 30.3 Å². The van der Waals surface area contributed by atoms with Crippen LogP contribution in [0.1, 0.15) is 45.3 Å². The molecule has 0 saturated carbocycles. The smallest absolute Gasteiger partial charge is 0.336 e. The van der Waals surface area contributed by atoms with Crippen LogP contribution in [0.15, 0.2) is 98.6 Å². The van der Waals surface area contributed by atoms with Crippen molar-refractivity contribution in [2.75, 3.05) is 14.2 Å². The van der Waals surface area contributed by atoms with Crippen LogP contribution in [-0.2, 0) is 6.42 Å². The highest BCUT2D eigenvalue weighted by molar-refractivity contribution is 7.07.